The monoisotopic (exact) mass is 339 g/mol. The molecule has 0 spiro atoms. The van der Waals surface area contributed by atoms with Crippen LogP contribution in [-0.2, 0) is 16.0 Å². The minimum Gasteiger partial charge on any atom is -0.373 e. The van der Waals surface area contributed by atoms with E-state index in [-0.39, 0.29) is 18.1 Å². The van der Waals surface area contributed by atoms with Crippen molar-refractivity contribution < 1.29 is 9.53 Å². The Morgan fingerprint density at radius 1 is 1.50 bits per heavy atom. The maximum absolute atomic E-state index is 12.4. The first-order chi connectivity index (χ1) is 9.60. The smallest absolute Gasteiger partial charge is 0.223 e. The van der Waals surface area contributed by atoms with Gasteiger partial charge in [-0.3, -0.25) is 4.79 Å². The van der Waals surface area contributed by atoms with Gasteiger partial charge in [-0.2, -0.15) is 0 Å². The minimum atomic E-state index is 0.120. The summed E-state index contributed by atoms with van der Waals surface area (Å²) in [4.78, 5) is 14.3. The van der Waals surface area contributed by atoms with E-state index < -0.39 is 0 Å². The summed E-state index contributed by atoms with van der Waals surface area (Å²) in [5.74, 6) is 0.230. The Kier molecular flexibility index (Phi) is 5.61. The summed E-state index contributed by atoms with van der Waals surface area (Å²) >= 11 is 3.43. The zero-order valence-corrected chi connectivity index (χ0v) is 13.7. The number of nitrogens with zero attached hydrogens (tertiary/aromatic N) is 1. The molecule has 2 rings (SSSR count). The molecule has 0 saturated carbocycles. The van der Waals surface area contributed by atoms with E-state index in [1.54, 1.807) is 0 Å². The number of hydrogen-bond acceptors (Lipinski definition) is 2. The number of carbonyl (C=O) groups excluding carboxylic acids is 1. The molecule has 1 aromatic rings. The number of alkyl halides is 1. The van der Waals surface area contributed by atoms with Crippen molar-refractivity contribution in [1.29, 1.82) is 0 Å². The Morgan fingerprint density at radius 2 is 2.30 bits per heavy atom. The molecule has 0 aliphatic carbocycles. The molecule has 0 radical (unpaired) electrons. The molecule has 3 nitrogen and oxygen atoms in total. The molecule has 1 aromatic carbocycles. The standard InChI is InChI=1S/C16H22BrNO2/c1-12-4-3-5-14(8-12)6-7-16(19)18-10-15(9-17)20-11-13(18)2/h3-5,8,13,15H,6-7,9-11H2,1-2H3. The quantitative estimate of drug-likeness (QED) is 0.789. The number of hydrogen-bond donors (Lipinski definition) is 0. The molecular formula is C16H22BrNO2. The fourth-order valence-corrected chi connectivity index (χ4v) is 2.91. The van der Waals surface area contributed by atoms with Crippen molar-refractivity contribution in [1.82, 2.24) is 4.90 Å². The van der Waals surface area contributed by atoms with Gasteiger partial charge in [0.1, 0.15) is 0 Å². The van der Waals surface area contributed by atoms with E-state index in [0.717, 1.165) is 11.8 Å². The van der Waals surface area contributed by atoms with Crippen LogP contribution < -0.4 is 0 Å². The largest absolute Gasteiger partial charge is 0.373 e. The predicted molar refractivity (Wildman–Crippen MR) is 84.2 cm³/mol. The average molecular weight is 340 g/mol. The lowest BCUT2D eigenvalue weighted by Crippen LogP contribution is -2.51. The summed E-state index contributed by atoms with van der Waals surface area (Å²) in [6.45, 7) is 5.45. The zero-order valence-electron chi connectivity index (χ0n) is 12.1. The van der Waals surface area contributed by atoms with Gasteiger partial charge in [-0.05, 0) is 25.8 Å². The number of amides is 1. The van der Waals surface area contributed by atoms with Gasteiger partial charge in [-0.25, -0.2) is 0 Å². The third kappa shape index (κ3) is 4.06. The maximum Gasteiger partial charge on any atom is 0.223 e. The zero-order chi connectivity index (χ0) is 14.5. The van der Waals surface area contributed by atoms with E-state index in [1.165, 1.54) is 11.1 Å². The van der Waals surface area contributed by atoms with Crippen LogP contribution in [0.5, 0.6) is 0 Å². The number of rotatable bonds is 4. The second kappa shape index (κ2) is 7.23. The maximum atomic E-state index is 12.4. The second-order valence-electron chi connectivity index (χ2n) is 5.49. The van der Waals surface area contributed by atoms with Crippen LogP contribution in [-0.4, -0.2) is 41.4 Å². The van der Waals surface area contributed by atoms with Crippen LogP contribution in [0, 0.1) is 6.92 Å². The highest BCUT2D eigenvalue weighted by Gasteiger charge is 2.28. The Balaban J connectivity index is 1.90. The fourth-order valence-electron chi connectivity index (χ4n) is 2.52. The molecule has 1 aliphatic rings. The molecule has 1 aliphatic heterocycles. The molecule has 20 heavy (non-hydrogen) atoms. The molecular weight excluding hydrogens is 318 g/mol. The average Bonchev–Trinajstić information content (AvgIpc) is 2.45. The van der Waals surface area contributed by atoms with Gasteiger partial charge in [0.05, 0.1) is 18.8 Å². The third-order valence-electron chi connectivity index (χ3n) is 3.71. The van der Waals surface area contributed by atoms with E-state index in [4.69, 9.17) is 4.74 Å². The number of carbonyl (C=O) groups is 1. The van der Waals surface area contributed by atoms with Crippen molar-refractivity contribution in [2.75, 3.05) is 18.5 Å². The number of aryl methyl sites for hydroxylation is 2. The molecule has 1 heterocycles. The molecule has 0 aromatic heterocycles. The normalized spacial score (nSPS) is 22.9. The number of halogens is 1. The Bertz CT molecular complexity index is 464. The first-order valence-electron chi connectivity index (χ1n) is 7.12. The predicted octanol–water partition coefficient (Wildman–Crippen LogP) is 2.94. The molecule has 1 amide bonds. The van der Waals surface area contributed by atoms with E-state index in [1.807, 2.05) is 11.0 Å². The van der Waals surface area contributed by atoms with Crippen LogP contribution in [0.2, 0.25) is 0 Å². The minimum absolute atomic E-state index is 0.120. The summed E-state index contributed by atoms with van der Waals surface area (Å²) in [5, 5.41) is 0.779. The first kappa shape index (κ1) is 15.5. The third-order valence-corrected chi connectivity index (χ3v) is 4.43. The van der Waals surface area contributed by atoms with E-state index in [0.29, 0.717) is 19.6 Å². The lowest BCUT2D eigenvalue weighted by molar-refractivity contribution is -0.142. The first-order valence-corrected chi connectivity index (χ1v) is 8.25. The lowest BCUT2D eigenvalue weighted by Gasteiger charge is -2.37. The summed E-state index contributed by atoms with van der Waals surface area (Å²) in [5.41, 5.74) is 2.48. The number of benzene rings is 1. The van der Waals surface area contributed by atoms with Crippen LogP contribution in [0.4, 0.5) is 0 Å². The Morgan fingerprint density at radius 3 is 3.00 bits per heavy atom. The topological polar surface area (TPSA) is 29.5 Å². The molecule has 1 fully saturated rings. The van der Waals surface area contributed by atoms with Gasteiger partial charge in [0.25, 0.3) is 0 Å². The van der Waals surface area contributed by atoms with Gasteiger partial charge in [0.15, 0.2) is 0 Å². The van der Waals surface area contributed by atoms with Crippen molar-refractivity contribution in [2.24, 2.45) is 0 Å². The molecule has 2 atom stereocenters. The highest BCUT2D eigenvalue weighted by atomic mass is 79.9. The van der Waals surface area contributed by atoms with Crippen LogP contribution in [0.15, 0.2) is 24.3 Å². The highest BCUT2D eigenvalue weighted by molar-refractivity contribution is 9.09. The molecule has 1 saturated heterocycles. The van der Waals surface area contributed by atoms with Gasteiger partial charge < -0.3 is 9.64 Å². The summed E-state index contributed by atoms with van der Waals surface area (Å²) in [6.07, 6.45) is 1.50. The summed E-state index contributed by atoms with van der Waals surface area (Å²) in [6, 6.07) is 8.54. The summed E-state index contributed by atoms with van der Waals surface area (Å²) < 4.78 is 5.66. The van der Waals surface area contributed by atoms with E-state index in [9.17, 15) is 4.79 Å². The van der Waals surface area contributed by atoms with Crippen molar-refractivity contribution >= 4 is 21.8 Å². The fraction of sp³-hybridized carbons (Fsp3) is 0.562. The molecule has 0 N–H and O–H groups in total. The van der Waals surface area contributed by atoms with Crippen molar-refractivity contribution in [3.63, 3.8) is 0 Å². The van der Waals surface area contributed by atoms with E-state index in [2.05, 4.69) is 48.0 Å². The lowest BCUT2D eigenvalue weighted by atomic mass is 10.1. The number of ether oxygens (including phenoxy) is 1. The molecule has 2 unspecified atom stereocenters. The van der Waals surface area contributed by atoms with Gasteiger partial charge in [0.2, 0.25) is 5.91 Å². The Labute approximate surface area is 129 Å². The van der Waals surface area contributed by atoms with Crippen molar-refractivity contribution in [2.45, 2.75) is 38.8 Å². The van der Waals surface area contributed by atoms with Crippen LogP contribution in [0.1, 0.15) is 24.5 Å². The molecule has 4 heteroatoms. The van der Waals surface area contributed by atoms with E-state index >= 15 is 0 Å². The number of morpholine rings is 1. The molecule has 0 bridgehead atoms. The SMILES string of the molecule is Cc1cccc(CCC(=O)N2CC(CBr)OCC2C)c1. The van der Waals surface area contributed by atoms with Gasteiger partial charge in [-0.15, -0.1) is 0 Å². The van der Waals surface area contributed by atoms with Crippen LogP contribution in [0.3, 0.4) is 0 Å². The highest BCUT2D eigenvalue weighted by Crippen LogP contribution is 2.16. The van der Waals surface area contributed by atoms with Crippen molar-refractivity contribution in [3.05, 3.63) is 35.4 Å². The van der Waals surface area contributed by atoms with Gasteiger partial charge in [0, 0.05) is 18.3 Å². The van der Waals surface area contributed by atoms with Crippen LogP contribution >= 0.6 is 15.9 Å². The van der Waals surface area contributed by atoms with Crippen molar-refractivity contribution in [3.8, 4) is 0 Å². The van der Waals surface area contributed by atoms with Gasteiger partial charge >= 0.3 is 0 Å². The second-order valence-corrected chi connectivity index (χ2v) is 6.14. The summed E-state index contributed by atoms with van der Waals surface area (Å²) in [7, 11) is 0. The Hall–Kier alpha value is -0.870. The van der Waals surface area contributed by atoms with Crippen LogP contribution in [0.25, 0.3) is 0 Å². The molecule has 110 valence electrons. The van der Waals surface area contributed by atoms with Gasteiger partial charge in [-0.1, -0.05) is 45.8 Å².